The van der Waals surface area contributed by atoms with Gasteiger partial charge in [-0.3, -0.25) is 4.79 Å². The number of rotatable bonds is 2. The molecule has 0 aromatic rings. The van der Waals surface area contributed by atoms with Gasteiger partial charge in [0.2, 0.25) is 0 Å². The summed E-state index contributed by atoms with van der Waals surface area (Å²) in [7, 11) is 0. The summed E-state index contributed by atoms with van der Waals surface area (Å²) in [6.07, 6.45) is 1.85. The molecule has 0 fully saturated rings. The Bertz CT molecular complexity index is 132. The van der Waals surface area contributed by atoms with E-state index in [0.717, 1.165) is 5.57 Å². The molecular weight excluding hydrogens is 112 g/mol. The highest BCUT2D eigenvalue weighted by Gasteiger charge is 2.06. The van der Waals surface area contributed by atoms with Gasteiger partial charge < -0.3 is 0 Å². The Morgan fingerprint density at radius 3 is 2.00 bits per heavy atom. The van der Waals surface area contributed by atoms with E-state index in [4.69, 9.17) is 0 Å². The Balaban J connectivity index is 4.06. The fraction of sp³-hybridized carbons (Fsp3) is 0.625. The molecule has 0 aliphatic heterocycles. The van der Waals surface area contributed by atoms with E-state index in [2.05, 4.69) is 0 Å². The monoisotopic (exact) mass is 126 g/mol. The fourth-order valence-electron chi connectivity index (χ4n) is 0.598. The minimum absolute atomic E-state index is 0.140. The maximum atomic E-state index is 11.0. The summed E-state index contributed by atoms with van der Waals surface area (Å²) in [6.45, 7) is 7.56. The number of hydrogen-bond acceptors (Lipinski definition) is 1. The molecule has 0 bridgehead atoms. The molecule has 0 heterocycles. The second kappa shape index (κ2) is 3.44. The Labute approximate surface area is 56.8 Å². The zero-order valence-corrected chi connectivity index (χ0v) is 6.56. The van der Waals surface area contributed by atoms with Crippen LogP contribution >= 0.6 is 0 Å². The van der Waals surface area contributed by atoms with Gasteiger partial charge in [-0.2, -0.15) is 0 Å². The summed E-state index contributed by atoms with van der Waals surface area (Å²) in [5.74, 6) is 0.388. The normalized spacial score (nSPS) is 12.3. The predicted molar refractivity (Wildman–Crippen MR) is 39.3 cm³/mol. The minimum Gasteiger partial charge on any atom is -0.294 e. The molecule has 0 aliphatic rings. The van der Waals surface area contributed by atoms with Crippen LogP contribution in [0.15, 0.2) is 11.6 Å². The number of allylic oxidation sites excluding steroid dienone is 2. The maximum Gasteiger partial charge on any atom is 0.160 e. The number of hydrogen-bond donors (Lipinski definition) is 0. The molecule has 0 aromatic heterocycles. The van der Waals surface area contributed by atoms with E-state index in [1.807, 2.05) is 33.8 Å². The highest BCUT2D eigenvalue weighted by Crippen LogP contribution is 2.03. The van der Waals surface area contributed by atoms with Crippen LogP contribution < -0.4 is 0 Å². The second-order valence-corrected chi connectivity index (χ2v) is 2.49. The van der Waals surface area contributed by atoms with Gasteiger partial charge in [0.25, 0.3) is 0 Å². The summed E-state index contributed by atoms with van der Waals surface area (Å²) >= 11 is 0. The minimum atomic E-state index is 0.140. The molecule has 1 nitrogen and oxygen atoms in total. The lowest BCUT2D eigenvalue weighted by atomic mass is 10.0. The van der Waals surface area contributed by atoms with Crippen LogP contribution in [0.25, 0.3) is 0 Å². The predicted octanol–water partition coefficient (Wildman–Crippen LogP) is 2.18. The summed E-state index contributed by atoms with van der Waals surface area (Å²) in [5.41, 5.74) is 0.866. The molecule has 0 aliphatic carbocycles. The Morgan fingerprint density at radius 2 is 1.89 bits per heavy atom. The Kier molecular flexibility index (Phi) is 3.21. The van der Waals surface area contributed by atoms with Gasteiger partial charge in [0.15, 0.2) is 5.78 Å². The van der Waals surface area contributed by atoms with E-state index < -0.39 is 0 Å². The summed E-state index contributed by atoms with van der Waals surface area (Å²) in [5, 5.41) is 0. The number of carbonyl (C=O) groups excluding carboxylic acids is 1. The third kappa shape index (κ3) is 2.45. The van der Waals surface area contributed by atoms with Crippen molar-refractivity contribution >= 4 is 5.78 Å². The molecule has 0 spiro atoms. The SMILES string of the molecule is CC=C(C)C(=O)C(C)C. The van der Waals surface area contributed by atoms with E-state index in [0.29, 0.717) is 0 Å². The van der Waals surface area contributed by atoms with Crippen molar-refractivity contribution in [1.29, 1.82) is 0 Å². The summed E-state index contributed by atoms with van der Waals surface area (Å²) in [6, 6.07) is 0. The Hall–Kier alpha value is -0.590. The number of carbonyl (C=O) groups is 1. The van der Waals surface area contributed by atoms with Crippen molar-refractivity contribution in [2.24, 2.45) is 5.92 Å². The van der Waals surface area contributed by atoms with E-state index >= 15 is 0 Å². The van der Waals surface area contributed by atoms with Crippen LogP contribution in [-0.4, -0.2) is 5.78 Å². The van der Waals surface area contributed by atoms with Crippen molar-refractivity contribution in [3.05, 3.63) is 11.6 Å². The lowest BCUT2D eigenvalue weighted by Crippen LogP contribution is -2.07. The molecule has 0 unspecified atom stereocenters. The molecule has 0 radical (unpaired) electrons. The smallest absolute Gasteiger partial charge is 0.160 e. The van der Waals surface area contributed by atoms with Crippen molar-refractivity contribution in [1.82, 2.24) is 0 Å². The zero-order chi connectivity index (χ0) is 7.44. The summed E-state index contributed by atoms with van der Waals surface area (Å²) < 4.78 is 0. The van der Waals surface area contributed by atoms with Crippen molar-refractivity contribution in [3.8, 4) is 0 Å². The van der Waals surface area contributed by atoms with Gasteiger partial charge in [0.1, 0.15) is 0 Å². The zero-order valence-electron chi connectivity index (χ0n) is 6.56. The molecule has 0 amide bonds. The van der Waals surface area contributed by atoms with Crippen LogP contribution in [0.1, 0.15) is 27.7 Å². The highest BCUT2D eigenvalue weighted by molar-refractivity contribution is 5.95. The van der Waals surface area contributed by atoms with Gasteiger partial charge in [-0.1, -0.05) is 19.9 Å². The third-order valence-corrected chi connectivity index (χ3v) is 1.35. The molecule has 0 saturated carbocycles. The first-order valence-corrected chi connectivity index (χ1v) is 3.26. The van der Waals surface area contributed by atoms with Crippen LogP contribution in [0.4, 0.5) is 0 Å². The maximum absolute atomic E-state index is 11.0. The lowest BCUT2D eigenvalue weighted by molar-refractivity contribution is -0.118. The molecule has 9 heavy (non-hydrogen) atoms. The molecule has 0 rings (SSSR count). The largest absolute Gasteiger partial charge is 0.294 e. The van der Waals surface area contributed by atoms with Crippen LogP contribution in [0.3, 0.4) is 0 Å². The molecule has 0 N–H and O–H groups in total. The van der Waals surface area contributed by atoms with Crippen molar-refractivity contribution in [2.45, 2.75) is 27.7 Å². The first kappa shape index (κ1) is 8.41. The topological polar surface area (TPSA) is 17.1 Å². The first-order valence-electron chi connectivity index (χ1n) is 3.26. The van der Waals surface area contributed by atoms with Crippen molar-refractivity contribution < 1.29 is 4.79 Å². The number of ketones is 1. The third-order valence-electron chi connectivity index (χ3n) is 1.35. The van der Waals surface area contributed by atoms with Crippen molar-refractivity contribution in [2.75, 3.05) is 0 Å². The molecule has 0 atom stereocenters. The lowest BCUT2D eigenvalue weighted by Gasteiger charge is -2.01. The second-order valence-electron chi connectivity index (χ2n) is 2.49. The molecule has 0 aromatic carbocycles. The van der Waals surface area contributed by atoms with Crippen LogP contribution in [0, 0.1) is 5.92 Å². The number of Topliss-reactive ketones (excluding diaryl/α,β-unsaturated/α-hetero) is 1. The van der Waals surface area contributed by atoms with Gasteiger partial charge in [-0.15, -0.1) is 0 Å². The van der Waals surface area contributed by atoms with E-state index in [9.17, 15) is 4.79 Å². The van der Waals surface area contributed by atoms with E-state index in [-0.39, 0.29) is 11.7 Å². The van der Waals surface area contributed by atoms with Gasteiger partial charge in [0.05, 0.1) is 0 Å². The molecular formula is C8H14O. The van der Waals surface area contributed by atoms with Crippen LogP contribution in [-0.2, 0) is 4.79 Å². The quantitative estimate of drug-likeness (QED) is 0.518. The molecule has 0 saturated heterocycles. The molecule has 1 heteroatoms. The van der Waals surface area contributed by atoms with E-state index in [1.54, 1.807) is 0 Å². The molecule has 52 valence electrons. The summed E-state index contributed by atoms with van der Waals surface area (Å²) in [4.78, 5) is 11.0. The van der Waals surface area contributed by atoms with Crippen LogP contribution in [0.5, 0.6) is 0 Å². The van der Waals surface area contributed by atoms with Gasteiger partial charge in [0, 0.05) is 5.92 Å². The average molecular weight is 126 g/mol. The first-order chi connectivity index (χ1) is 4.09. The van der Waals surface area contributed by atoms with Crippen molar-refractivity contribution in [3.63, 3.8) is 0 Å². The van der Waals surface area contributed by atoms with Gasteiger partial charge in [-0.25, -0.2) is 0 Å². The average Bonchev–Trinajstić information content (AvgIpc) is 1.84. The highest BCUT2D eigenvalue weighted by atomic mass is 16.1. The van der Waals surface area contributed by atoms with Gasteiger partial charge >= 0.3 is 0 Å². The fourth-order valence-corrected chi connectivity index (χ4v) is 0.598. The van der Waals surface area contributed by atoms with E-state index in [1.165, 1.54) is 0 Å². The van der Waals surface area contributed by atoms with Gasteiger partial charge in [-0.05, 0) is 19.4 Å². The Morgan fingerprint density at radius 1 is 1.44 bits per heavy atom. The standard InChI is InChI=1S/C8H14O/c1-5-7(4)8(9)6(2)3/h5-6H,1-4H3. The van der Waals surface area contributed by atoms with Crippen LogP contribution in [0.2, 0.25) is 0 Å².